The summed E-state index contributed by atoms with van der Waals surface area (Å²) in [5.74, 6) is 0.664. The number of amides is 1. The van der Waals surface area contributed by atoms with Gasteiger partial charge in [-0.25, -0.2) is 0 Å². The molecule has 0 fully saturated rings. The maximum Gasteiger partial charge on any atom is 0.233 e. The number of nitrogens with zero attached hydrogens (tertiary/aromatic N) is 4. The smallest absolute Gasteiger partial charge is 0.233 e. The zero-order chi connectivity index (χ0) is 20.1. The fourth-order valence-corrected chi connectivity index (χ4v) is 3.77. The number of hydrogen-bond donors (Lipinski definition) is 1. The predicted octanol–water partition coefficient (Wildman–Crippen LogP) is 3.95. The van der Waals surface area contributed by atoms with Crippen molar-refractivity contribution in [3.8, 4) is 17.2 Å². The number of pyridine rings is 1. The van der Waals surface area contributed by atoms with Crippen LogP contribution in [-0.2, 0) is 4.79 Å². The molecule has 1 amide bonds. The van der Waals surface area contributed by atoms with Crippen LogP contribution in [0.15, 0.2) is 47.8 Å². The van der Waals surface area contributed by atoms with Gasteiger partial charge in [-0.3, -0.25) is 14.3 Å². The van der Waals surface area contributed by atoms with Crippen molar-refractivity contribution in [1.82, 2.24) is 25.1 Å². The minimum atomic E-state index is -0.281. The summed E-state index contributed by atoms with van der Waals surface area (Å²) in [6.07, 6.45) is 2.65. The number of carbonyl (C=O) groups excluding carboxylic acids is 1. The fourth-order valence-electron chi connectivity index (χ4n) is 2.88. The van der Waals surface area contributed by atoms with Gasteiger partial charge < -0.3 is 5.32 Å². The maximum absolute atomic E-state index is 12.3. The summed E-state index contributed by atoms with van der Waals surface area (Å²) in [7, 11) is 0. The fraction of sp³-hybridized carbons (Fsp3) is 0.333. The predicted molar refractivity (Wildman–Crippen MR) is 113 cm³/mol. The first-order valence-electron chi connectivity index (χ1n) is 9.40. The molecule has 0 aliphatic heterocycles. The minimum absolute atomic E-state index is 0.00131. The molecule has 0 aliphatic carbocycles. The molecule has 2 aromatic heterocycles. The number of benzene rings is 1. The van der Waals surface area contributed by atoms with E-state index in [4.69, 9.17) is 0 Å². The molecule has 2 heterocycles. The lowest BCUT2D eigenvalue weighted by Crippen LogP contribution is -2.31. The van der Waals surface area contributed by atoms with Gasteiger partial charge in [0.1, 0.15) is 5.69 Å². The van der Waals surface area contributed by atoms with Gasteiger partial charge in [-0.2, -0.15) is 0 Å². The number of aryl methyl sites for hydroxylation is 2. The molecule has 146 valence electrons. The Morgan fingerprint density at radius 2 is 2.04 bits per heavy atom. The second-order valence-electron chi connectivity index (χ2n) is 6.70. The van der Waals surface area contributed by atoms with Crippen LogP contribution in [0.4, 0.5) is 0 Å². The summed E-state index contributed by atoms with van der Waals surface area (Å²) in [5, 5.41) is 12.1. The Kier molecular flexibility index (Phi) is 6.46. The highest BCUT2D eigenvalue weighted by Gasteiger charge is 2.22. The molecule has 28 heavy (non-hydrogen) atoms. The Labute approximate surface area is 169 Å². The van der Waals surface area contributed by atoms with Gasteiger partial charge in [-0.15, -0.1) is 10.2 Å². The van der Waals surface area contributed by atoms with Gasteiger partial charge in [0.05, 0.1) is 10.9 Å². The largest absolute Gasteiger partial charge is 0.355 e. The van der Waals surface area contributed by atoms with Gasteiger partial charge in [0.15, 0.2) is 11.0 Å². The quantitative estimate of drug-likeness (QED) is 0.613. The van der Waals surface area contributed by atoms with E-state index in [1.165, 1.54) is 17.3 Å². The van der Waals surface area contributed by atoms with E-state index in [1.807, 2.05) is 36.6 Å². The van der Waals surface area contributed by atoms with E-state index in [9.17, 15) is 4.79 Å². The average Bonchev–Trinajstić information content (AvgIpc) is 3.10. The molecule has 3 rings (SSSR count). The van der Waals surface area contributed by atoms with Crippen molar-refractivity contribution in [3.05, 3.63) is 53.7 Å². The minimum Gasteiger partial charge on any atom is -0.355 e. The third-order valence-electron chi connectivity index (χ3n) is 4.32. The van der Waals surface area contributed by atoms with Crippen LogP contribution in [0.1, 0.15) is 31.4 Å². The topological polar surface area (TPSA) is 72.7 Å². The highest BCUT2D eigenvalue weighted by atomic mass is 32.2. The monoisotopic (exact) mass is 395 g/mol. The first-order chi connectivity index (χ1) is 13.5. The Morgan fingerprint density at radius 1 is 1.21 bits per heavy atom. The van der Waals surface area contributed by atoms with Crippen LogP contribution < -0.4 is 5.32 Å². The number of thioether (sulfide) groups is 1. The second kappa shape index (κ2) is 9.01. The summed E-state index contributed by atoms with van der Waals surface area (Å²) in [5.41, 5.74) is 4.03. The SMILES string of the molecule is CCCNC(=O)[C@H](C)Sc1nnc(-c2ccccn2)n1-c1ccc(C)cc1C. The summed E-state index contributed by atoms with van der Waals surface area (Å²) < 4.78 is 1.99. The van der Waals surface area contributed by atoms with E-state index in [-0.39, 0.29) is 11.2 Å². The van der Waals surface area contributed by atoms with Crippen LogP contribution in [0, 0.1) is 13.8 Å². The first kappa shape index (κ1) is 20.1. The number of rotatable bonds is 7. The molecule has 0 saturated heterocycles. The van der Waals surface area contributed by atoms with Gasteiger partial charge in [0, 0.05) is 12.7 Å². The average molecular weight is 396 g/mol. The number of aromatic nitrogens is 4. The van der Waals surface area contributed by atoms with Crippen molar-refractivity contribution in [3.63, 3.8) is 0 Å². The molecule has 1 aromatic carbocycles. The zero-order valence-electron chi connectivity index (χ0n) is 16.6. The van der Waals surface area contributed by atoms with Crippen molar-refractivity contribution < 1.29 is 4.79 Å². The van der Waals surface area contributed by atoms with Crippen LogP contribution in [0.3, 0.4) is 0 Å². The highest BCUT2D eigenvalue weighted by molar-refractivity contribution is 8.00. The molecule has 0 unspecified atom stereocenters. The molecule has 0 aliphatic rings. The van der Waals surface area contributed by atoms with Crippen molar-refractivity contribution in [2.75, 3.05) is 6.54 Å². The van der Waals surface area contributed by atoms with Crippen molar-refractivity contribution in [1.29, 1.82) is 0 Å². The molecular weight excluding hydrogens is 370 g/mol. The molecule has 1 atom stereocenters. The molecule has 6 nitrogen and oxygen atoms in total. The lowest BCUT2D eigenvalue weighted by atomic mass is 10.1. The molecule has 0 spiro atoms. The van der Waals surface area contributed by atoms with Crippen LogP contribution >= 0.6 is 11.8 Å². The molecule has 7 heteroatoms. The van der Waals surface area contributed by atoms with Crippen LogP contribution in [0.5, 0.6) is 0 Å². The van der Waals surface area contributed by atoms with E-state index >= 15 is 0 Å². The lowest BCUT2D eigenvalue weighted by Gasteiger charge is -2.15. The highest BCUT2D eigenvalue weighted by Crippen LogP contribution is 2.31. The van der Waals surface area contributed by atoms with E-state index < -0.39 is 0 Å². The Bertz CT molecular complexity index is 955. The van der Waals surface area contributed by atoms with Crippen molar-refractivity contribution in [2.24, 2.45) is 0 Å². The van der Waals surface area contributed by atoms with Crippen LogP contribution in [0.2, 0.25) is 0 Å². The van der Waals surface area contributed by atoms with E-state index in [0.29, 0.717) is 17.5 Å². The normalized spacial score (nSPS) is 12.0. The van der Waals surface area contributed by atoms with E-state index in [0.717, 1.165) is 23.4 Å². The van der Waals surface area contributed by atoms with Gasteiger partial charge in [0.25, 0.3) is 0 Å². The second-order valence-corrected chi connectivity index (χ2v) is 8.01. The van der Waals surface area contributed by atoms with Crippen LogP contribution in [-0.4, -0.2) is 37.5 Å². The summed E-state index contributed by atoms with van der Waals surface area (Å²) in [4.78, 5) is 16.8. The van der Waals surface area contributed by atoms with Gasteiger partial charge in [0.2, 0.25) is 5.91 Å². The molecule has 1 N–H and O–H groups in total. The molecule has 0 saturated carbocycles. The molecule has 0 bridgehead atoms. The summed E-state index contributed by atoms with van der Waals surface area (Å²) in [6.45, 7) is 8.73. The molecular formula is C21H25N5OS. The van der Waals surface area contributed by atoms with Gasteiger partial charge in [-0.1, -0.05) is 42.4 Å². The summed E-state index contributed by atoms with van der Waals surface area (Å²) >= 11 is 1.40. The van der Waals surface area contributed by atoms with Crippen molar-refractivity contribution in [2.45, 2.75) is 44.5 Å². The number of carbonyl (C=O) groups is 1. The molecule has 3 aromatic rings. The number of hydrogen-bond acceptors (Lipinski definition) is 5. The zero-order valence-corrected chi connectivity index (χ0v) is 17.5. The lowest BCUT2D eigenvalue weighted by molar-refractivity contribution is -0.120. The third-order valence-corrected chi connectivity index (χ3v) is 5.36. The Hall–Kier alpha value is -2.67. The van der Waals surface area contributed by atoms with E-state index in [2.05, 4.69) is 52.5 Å². The van der Waals surface area contributed by atoms with Gasteiger partial charge in [-0.05, 0) is 51.0 Å². The third kappa shape index (κ3) is 4.42. The van der Waals surface area contributed by atoms with Gasteiger partial charge >= 0.3 is 0 Å². The number of nitrogens with one attached hydrogen (secondary N) is 1. The summed E-state index contributed by atoms with van der Waals surface area (Å²) in [6, 6.07) is 12.0. The van der Waals surface area contributed by atoms with Crippen molar-refractivity contribution >= 4 is 17.7 Å². The first-order valence-corrected chi connectivity index (χ1v) is 10.3. The Balaban J connectivity index is 2.03. The Morgan fingerprint density at radius 3 is 2.71 bits per heavy atom. The molecule has 0 radical (unpaired) electrons. The van der Waals surface area contributed by atoms with E-state index in [1.54, 1.807) is 6.20 Å². The maximum atomic E-state index is 12.3. The standard InChI is InChI=1S/C21H25N5OS/c1-5-11-23-20(27)16(4)28-21-25-24-19(17-8-6-7-12-22-17)26(21)18-10-9-14(2)13-15(18)3/h6-10,12-13,16H,5,11H2,1-4H3,(H,23,27)/t16-/m0/s1. The van der Waals surface area contributed by atoms with Crippen LogP contribution in [0.25, 0.3) is 17.2 Å².